The number of ether oxygens (including phenoxy) is 1. The summed E-state index contributed by atoms with van der Waals surface area (Å²) in [5, 5.41) is 4.44. The monoisotopic (exact) mass is 289 g/mol. The number of hydrogen-bond donors (Lipinski definition) is 0. The van der Waals surface area contributed by atoms with E-state index in [1.807, 2.05) is 4.68 Å². The number of nitrogens with zero attached hydrogens (tertiary/aromatic N) is 3. The summed E-state index contributed by atoms with van der Waals surface area (Å²) in [6, 6.07) is 0.307. The molecule has 0 spiro atoms. The quantitative estimate of drug-likeness (QED) is 0.854. The molecule has 0 amide bonds. The first kappa shape index (κ1) is 14.4. The molecule has 1 fully saturated rings. The van der Waals surface area contributed by atoms with Crippen molar-refractivity contribution in [2.24, 2.45) is 10.9 Å². The predicted octanol–water partition coefficient (Wildman–Crippen LogP) is 3.33. The van der Waals surface area contributed by atoms with Crippen LogP contribution in [0.5, 0.6) is 0 Å². The molecule has 3 heterocycles. The Morgan fingerprint density at radius 1 is 1.43 bits per heavy atom. The topological polar surface area (TPSA) is 56.5 Å². The van der Waals surface area contributed by atoms with Gasteiger partial charge in [-0.05, 0) is 25.2 Å². The Hall–Kier alpha value is -1.49. The average molecular weight is 289 g/mol. The van der Waals surface area contributed by atoms with Gasteiger partial charge in [0.1, 0.15) is 0 Å². The van der Waals surface area contributed by atoms with E-state index < -0.39 is 0 Å². The van der Waals surface area contributed by atoms with Crippen LogP contribution in [0.25, 0.3) is 0 Å². The number of fused-ring (bicyclic) bond motifs is 1. The fourth-order valence-electron chi connectivity index (χ4n) is 3.00. The molecule has 21 heavy (non-hydrogen) atoms. The Morgan fingerprint density at radius 2 is 2.19 bits per heavy atom. The Labute approximate surface area is 125 Å². The van der Waals surface area contributed by atoms with E-state index in [9.17, 15) is 4.79 Å². The van der Waals surface area contributed by atoms with Gasteiger partial charge in [0.05, 0.1) is 17.8 Å². The molecule has 0 radical (unpaired) electrons. The van der Waals surface area contributed by atoms with Crippen molar-refractivity contribution in [1.29, 1.82) is 0 Å². The van der Waals surface area contributed by atoms with Gasteiger partial charge in [-0.25, -0.2) is 9.67 Å². The summed E-state index contributed by atoms with van der Waals surface area (Å²) in [5.74, 6) is 1.51. The largest absolute Gasteiger partial charge is 0.381 e. The van der Waals surface area contributed by atoms with Crippen LogP contribution in [0.15, 0.2) is 11.2 Å². The highest BCUT2D eigenvalue weighted by molar-refractivity contribution is 6.15. The van der Waals surface area contributed by atoms with Crippen molar-refractivity contribution in [2.75, 3.05) is 13.2 Å². The summed E-state index contributed by atoms with van der Waals surface area (Å²) in [4.78, 5) is 17.1. The summed E-state index contributed by atoms with van der Waals surface area (Å²) in [7, 11) is 0. The van der Waals surface area contributed by atoms with Crippen molar-refractivity contribution in [1.82, 2.24) is 9.78 Å². The highest BCUT2D eigenvalue weighted by Gasteiger charge is 2.28. The van der Waals surface area contributed by atoms with Gasteiger partial charge in [0, 0.05) is 25.3 Å². The molecule has 2 aliphatic rings. The molecule has 5 nitrogen and oxygen atoms in total. The van der Waals surface area contributed by atoms with E-state index in [-0.39, 0.29) is 5.78 Å². The number of Topliss-reactive ketones (excluding diaryl/α,β-unsaturated/α-hetero) is 1. The van der Waals surface area contributed by atoms with Crippen LogP contribution in [0.2, 0.25) is 0 Å². The van der Waals surface area contributed by atoms with Crippen LogP contribution in [0.4, 0.5) is 5.82 Å². The average Bonchev–Trinajstić information content (AvgIpc) is 2.92. The number of carbonyl (C=O) groups excluding carboxylic acids is 1. The van der Waals surface area contributed by atoms with Crippen LogP contribution in [-0.4, -0.2) is 34.5 Å². The van der Waals surface area contributed by atoms with E-state index in [2.05, 4.69) is 18.9 Å². The minimum atomic E-state index is 0.164. The number of ketones is 1. The van der Waals surface area contributed by atoms with E-state index in [1.165, 1.54) is 0 Å². The fourth-order valence-corrected chi connectivity index (χ4v) is 3.00. The first-order valence-electron chi connectivity index (χ1n) is 7.94. The van der Waals surface area contributed by atoms with Gasteiger partial charge < -0.3 is 4.74 Å². The second-order valence-corrected chi connectivity index (χ2v) is 6.17. The van der Waals surface area contributed by atoms with E-state index in [1.54, 1.807) is 6.20 Å². The summed E-state index contributed by atoms with van der Waals surface area (Å²) < 4.78 is 7.36. The molecule has 1 aromatic rings. The van der Waals surface area contributed by atoms with Crippen LogP contribution in [-0.2, 0) is 4.74 Å². The Balaban J connectivity index is 1.89. The number of aromatic nitrogens is 2. The van der Waals surface area contributed by atoms with Crippen molar-refractivity contribution >= 4 is 17.3 Å². The zero-order valence-electron chi connectivity index (χ0n) is 12.8. The molecule has 1 aromatic heterocycles. The molecule has 5 heteroatoms. The third-order valence-electron chi connectivity index (χ3n) is 4.52. The lowest BCUT2D eigenvalue weighted by molar-refractivity contribution is 0.0667. The Kier molecular flexibility index (Phi) is 4.19. The normalized spacial score (nSPS) is 21.0. The SMILES string of the molecule is CCC(C)CC1=Nc2c(cnn2C2CCOCC2)C(=O)C1. The van der Waals surface area contributed by atoms with Gasteiger partial charge in [-0.15, -0.1) is 0 Å². The van der Waals surface area contributed by atoms with Crippen molar-refractivity contribution in [2.45, 2.75) is 52.0 Å². The lowest BCUT2D eigenvalue weighted by Gasteiger charge is -2.24. The molecule has 114 valence electrons. The zero-order chi connectivity index (χ0) is 14.8. The maximum absolute atomic E-state index is 12.3. The first-order valence-corrected chi connectivity index (χ1v) is 7.94. The first-order chi connectivity index (χ1) is 10.2. The number of carbonyl (C=O) groups is 1. The molecular formula is C16H23N3O2. The van der Waals surface area contributed by atoms with E-state index >= 15 is 0 Å². The summed E-state index contributed by atoms with van der Waals surface area (Å²) >= 11 is 0. The van der Waals surface area contributed by atoms with Gasteiger partial charge in [-0.3, -0.25) is 4.79 Å². The molecular weight excluding hydrogens is 266 g/mol. The van der Waals surface area contributed by atoms with E-state index in [0.29, 0.717) is 23.9 Å². The molecule has 0 saturated carbocycles. The minimum absolute atomic E-state index is 0.164. The molecule has 1 atom stereocenters. The van der Waals surface area contributed by atoms with E-state index in [4.69, 9.17) is 9.73 Å². The molecule has 1 unspecified atom stereocenters. The van der Waals surface area contributed by atoms with E-state index in [0.717, 1.165) is 50.4 Å². The van der Waals surface area contributed by atoms with Gasteiger partial charge in [-0.1, -0.05) is 20.3 Å². The third-order valence-corrected chi connectivity index (χ3v) is 4.52. The Morgan fingerprint density at radius 3 is 2.90 bits per heavy atom. The van der Waals surface area contributed by atoms with Crippen LogP contribution < -0.4 is 0 Å². The van der Waals surface area contributed by atoms with Crippen LogP contribution >= 0.6 is 0 Å². The zero-order valence-corrected chi connectivity index (χ0v) is 12.8. The minimum Gasteiger partial charge on any atom is -0.381 e. The van der Waals surface area contributed by atoms with Crippen LogP contribution in [0.3, 0.4) is 0 Å². The smallest absolute Gasteiger partial charge is 0.173 e. The highest BCUT2D eigenvalue weighted by Crippen LogP contribution is 2.33. The lowest BCUT2D eigenvalue weighted by atomic mass is 9.95. The molecule has 0 N–H and O–H groups in total. The van der Waals surface area contributed by atoms with Gasteiger partial charge in [-0.2, -0.15) is 5.10 Å². The molecule has 2 aliphatic heterocycles. The second-order valence-electron chi connectivity index (χ2n) is 6.17. The number of hydrogen-bond acceptors (Lipinski definition) is 4. The second kappa shape index (κ2) is 6.10. The van der Waals surface area contributed by atoms with Crippen LogP contribution in [0.1, 0.15) is 62.4 Å². The molecule has 0 aromatic carbocycles. The maximum atomic E-state index is 12.3. The predicted molar refractivity (Wildman–Crippen MR) is 81.4 cm³/mol. The molecule has 1 saturated heterocycles. The van der Waals surface area contributed by atoms with Gasteiger partial charge in [0.25, 0.3) is 0 Å². The van der Waals surface area contributed by atoms with Gasteiger partial charge in [0.15, 0.2) is 11.6 Å². The highest BCUT2D eigenvalue weighted by atomic mass is 16.5. The third kappa shape index (κ3) is 2.93. The maximum Gasteiger partial charge on any atom is 0.173 e. The summed E-state index contributed by atoms with van der Waals surface area (Å²) in [6.07, 6.45) is 6.05. The fraction of sp³-hybridized carbons (Fsp3) is 0.688. The van der Waals surface area contributed by atoms with Crippen LogP contribution in [0, 0.1) is 5.92 Å². The standard InChI is InChI=1S/C16H23N3O2/c1-3-11(2)8-12-9-15(20)14-10-17-19(16(14)18-12)13-4-6-21-7-5-13/h10-11,13H,3-9H2,1-2H3. The molecule has 3 rings (SSSR count). The van der Waals surface area contributed by atoms with Crippen molar-refractivity contribution < 1.29 is 9.53 Å². The van der Waals surface area contributed by atoms with Crippen molar-refractivity contribution in [3.63, 3.8) is 0 Å². The summed E-state index contributed by atoms with van der Waals surface area (Å²) in [6.45, 7) is 5.90. The van der Waals surface area contributed by atoms with Gasteiger partial charge in [0.2, 0.25) is 0 Å². The molecule has 0 aliphatic carbocycles. The number of rotatable bonds is 4. The summed E-state index contributed by atoms with van der Waals surface area (Å²) in [5.41, 5.74) is 1.70. The number of aliphatic imine (C=N–C) groups is 1. The van der Waals surface area contributed by atoms with Crippen molar-refractivity contribution in [3.05, 3.63) is 11.8 Å². The van der Waals surface area contributed by atoms with Crippen molar-refractivity contribution in [3.8, 4) is 0 Å². The van der Waals surface area contributed by atoms with Gasteiger partial charge >= 0.3 is 0 Å². The molecule has 0 bridgehead atoms. The Bertz CT molecular complexity index is 556. The lowest BCUT2D eigenvalue weighted by Crippen LogP contribution is -2.22.